The summed E-state index contributed by atoms with van der Waals surface area (Å²) in [6.07, 6.45) is 3.69. The minimum atomic E-state index is -0.106. The van der Waals surface area contributed by atoms with Gasteiger partial charge >= 0.3 is 6.01 Å². The van der Waals surface area contributed by atoms with Gasteiger partial charge in [-0.3, -0.25) is 5.41 Å². The van der Waals surface area contributed by atoms with E-state index >= 15 is 0 Å². The van der Waals surface area contributed by atoms with Crippen molar-refractivity contribution in [2.24, 2.45) is 5.73 Å². The Hall–Kier alpha value is -2.43. The molecule has 0 saturated carbocycles. The quantitative estimate of drug-likeness (QED) is 0.635. The first-order valence-electron chi connectivity index (χ1n) is 6.13. The third-order valence-electron chi connectivity index (χ3n) is 2.58. The van der Waals surface area contributed by atoms with Crippen LogP contribution in [-0.2, 0) is 6.42 Å². The third kappa shape index (κ3) is 3.51. The van der Waals surface area contributed by atoms with Gasteiger partial charge in [0.15, 0.2) is 0 Å². The molecule has 5 nitrogen and oxygen atoms in total. The van der Waals surface area contributed by atoms with E-state index in [1.165, 1.54) is 11.8 Å². The molecule has 1 aromatic heterocycles. The van der Waals surface area contributed by atoms with E-state index in [0.29, 0.717) is 11.4 Å². The van der Waals surface area contributed by atoms with Gasteiger partial charge in [0.2, 0.25) is 0 Å². The summed E-state index contributed by atoms with van der Waals surface area (Å²) in [7, 11) is 0. The highest BCUT2D eigenvalue weighted by molar-refractivity contribution is 5.92. The highest BCUT2D eigenvalue weighted by Crippen LogP contribution is 2.18. The first-order chi connectivity index (χ1) is 9.19. The molecule has 2 rings (SSSR count). The highest BCUT2D eigenvalue weighted by atomic mass is 16.5. The molecular formula is C14H16N4O. The molecule has 0 unspecified atom stereocenters. The summed E-state index contributed by atoms with van der Waals surface area (Å²) in [6, 6.07) is 9.57. The molecule has 3 N–H and O–H groups in total. The van der Waals surface area contributed by atoms with Crippen LogP contribution in [-0.4, -0.2) is 15.8 Å². The second-order valence-corrected chi connectivity index (χ2v) is 4.13. The van der Waals surface area contributed by atoms with Gasteiger partial charge in [-0.1, -0.05) is 25.5 Å². The van der Waals surface area contributed by atoms with E-state index in [4.69, 9.17) is 15.9 Å². The van der Waals surface area contributed by atoms with Gasteiger partial charge in [-0.2, -0.15) is 4.98 Å². The molecule has 0 saturated heterocycles. The molecule has 19 heavy (non-hydrogen) atoms. The Balaban J connectivity index is 2.12. The molecule has 1 aromatic carbocycles. The number of nitrogens with one attached hydrogen (secondary N) is 1. The average Bonchev–Trinajstić information content (AvgIpc) is 2.42. The van der Waals surface area contributed by atoms with Crippen LogP contribution in [0.25, 0.3) is 0 Å². The number of nitrogens with two attached hydrogens (primary N) is 1. The second kappa shape index (κ2) is 5.95. The Morgan fingerprint density at radius 2 is 2.00 bits per heavy atom. The van der Waals surface area contributed by atoms with E-state index in [2.05, 4.69) is 16.9 Å². The molecule has 0 radical (unpaired) electrons. The lowest BCUT2D eigenvalue weighted by molar-refractivity contribution is 0.441. The van der Waals surface area contributed by atoms with Crippen molar-refractivity contribution < 1.29 is 4.74 Å². The van der Waals surface area contributed by atoms with E-state index in [1.54, 1.807) is 6.07 Å². The maximum atomic E-state index is 7.32. The van der Waals surface area contributed by atoms with E-state index in [1.807, 2.05) is 24.3 Å². The molecule has 1 heterocycles. The van der Waals surface area contributed by atoms with Crippen LogP contribution in [0.15, 0.2) is 36.5 Å². The maximum Gasteiger partial charge on any atom is 0.322 e. The molecule has 0 aliphatic rings. The smallest absolute Gasteiger partial charge is 0.322 e. The van der Waals surface area contributed by atoms with Crippen LogP contribution < -0.4 is 10.5 Å². The molecule has 0 amide bonds. The van der Waals surface area contributed by atoms with Gasteiger partial charge in [0, 0.05) is 6.20 Å². The number of hydrogen-bond acceptors (Lipinski definition) is 4. The number of aromatic nitrogens is 2. The molecule has 0 aliphatic carbocycles. The van der Waals surface area contributed by atoms with E-state index < -0.39 is 0 Å². The van der Waals surface area contributed by atoms with Crippen molar-refractivity contribution in [3.05, 3.63) is 47.8 Å². The van der Waals surface area contributed by atoms with Crippen LogP contribution >= 0.6 is 0 Å². The molecule has 0 bridgehead atoms. The lowest BCUT2D eigenvalue weighted by Crippen LogP contribution is -2.13. The number of nitrogen functional groups attached to an aromatic ring is 1. The second-order valence-electron chi connectivity index (χ2n) is 4.13. The minimum Gasteiger partial charge on any atom is -0.424 e. The number of benzene rings is 1. The van der Waals surface area contributed by atoms with Crippen LogP contribution in [0.3, 0.4) is 0 Å². The lowest BCUT2D eigenvalue weighted by Gasteiger charge is -2.05. The van der Waals surface area contributed by atoms with E-state index in [0.717, 1.165) is 12.8 Å². The molecule has 98 valence electrons. The SMILES string of the molecule is CCCc1ccc(Oc2nccc(C(=N)N)n2)cc1. The van der Waals surface area contributed by atoms with Crippen molar-refractivity contribution in [3.63, 3.8) is 0 Å². The summed E-state index contributed by atoms with van der Waals surface area (Å²) < 4.78 is 5.53. The molecule has 0 spiro atoms. The van der Waals surface area contributed by atoms with Gasteiger partial charge in [-0.15, -0.1) is 0 Å². The number of rotatable bonds is 5. The Labute approximate surface area is 112 Å². The maximum absolute atomic E-state index is 7.32. The van der Waals surface area contributed by atoms with Crippen molar-refractivity contribution in [2.75, 3.05) is 0 Å². The zero-order valence-corrected chi connectivity index (χ0v) is 10.8. The molecular weight excluding hydrogens is 240 g/mol. The fourth-order valence-electron chi connectivity index (χ4n) is 1.66. The highest BCUT2D eigenvalue weighted by Gasteiger charge is 2.04. The summed E-state index contributed by atoms with van der Waals surface area (Å²) in [6.45, 7) is 2.14. The first kappa shape index (κ1) is 13.0. The van der Waals surface area contributed by atoms with Gasteiger partial charge in [0.05, 0.1) is 0 Å². The number of hydrogen-bond donors (Lipinski definition) is 2. The fraction of sp³-hybridized carbons (Fsp3) is 0.214. The lowest BCUT2D eigenvalue weighted by atomic mass is 10.1. The predicted octanol–water partition coefficient (Wildman–Crippen LogP) is 2.51. The first-order valence-corrected chi connectivity index (χ1v) is 6.13. The fourth-order valence-corrected chi connectivity index (χ4v) is 1.66. The zero-order valence-electron chi connectivity index (χ0n) is 10.8. The van der Waals surface area contributed by atoms with Crippen LogP contribution in [0, 0.1) is 5.41 Å². The van der Waals surface area contributed by atoms with Crippen molar-refractivity contribution in [2.45, 2.75) is 19.8 Å². The number of nitrogens with zero attached hydrogens (tertiary/aromatic N) is 2. The van der Waals surface area contributed by atoms with Crippen molar-refractivity contribution in [1.29, 1.82) is 5.41 Å². The zero-order chi connectivity index (χ0) is 13.7. The summed E-state index contributed by atoms with van der Waals surface area (Å²) in [5, 5.41) is 7.32. The van der Waals surface area contributed by atoms with E-state index in [9.17, 15) is 0 Å². The number of ether oxygens (including phenoxy) is 1. The van der Waals surface area contributed by atoms with Crippen LogP contribution in [0.1, 0.15) is 24.6 Å². The Bertz CT molecular complexity index is 566. The molecule has 0 aliphatic heterocycles. The molecule has 2 aromatic rings. The van der Waals surface area contributed by atoms with Crippen LogP contribution in [0.5, 0.6) is 11.8 Å². The van der Waals surface area contributed by atoms with Gasteiger partial charge in [0.1, 0.15) is 17.3 Å². The monoisotopic (exact) mass is 256 g/mol. The van der Waals surface area contributed by atoms with Gasteiger partial charge in [-0.05, 0) is 30.2 Å². The Morgan fingerprint density at radius 3 is 2.63 bits per heavy atom. The summed E-state index contributed by atoms with van der Waals surface area (Å²) in [4.78, 5) is 8.03. The molecule has 5 heteroatoms. The van der Waals surface area contributed by atoms with Gasteiger partial charge < -0.3 is 10.5 Å². The standard InChI is InChI=1S/C14H16N4O/c1-2-3-10-4-6-11(7-5-10)19-14-17-9-8-12(18-14)13(15)16/h4-9H,2-3H2,1H3,(H3,15,16). The minimum absolute atomic E-state index is 0.106. The summed E-state index contributed by atoms with van der Waals surface area (Å²) in [5.41, 5.74) is 6.99. The van der Waals surface area contributed by atoms with Gasteiger partial charge in [-0.25, -0.2) is 4.98 Å². The van der Waals surface area contributed by atoms with Crippen molar-refractivity contribution in [3.8, 4) is 11.8 Å². The summed E-state index contributed by atoms with van der Waals surface area (Å²) in [5.74, 6) is 0.561. The Kier molecular flexibility index (Phi) is 4.07. The van der Waals surface area contributed by atoms with E-state index in [-0.39, 0.29) is 11.8 Å². The topological polar surface area (TPSA) is 84.9 Å². The normalized spacial score (nSPS) is 10.2. The van der Waals surface area contributed by atoms with Crippen LogP contribution in [0.2, 0.25) is 0 Å². The van der Waals surface area contributed by atoms with Crippen molar-refractivity contribution >= 4 is 5.84 Å². The number of aryl methyl sites for hydroxylation is 1. The van der Waals surface area contributed by atoms with Gasteiger partial charge in [0.25, 0.3) is 0 Å². The molecule has 0 atom stereocenters. The number of amidine groups is 1. The third-order valence-corrected chi connectivity index (χ3v) is 2.58. The van der Waals surface area contributed by atoms with Crippen LogP contribution in [0.4, 0.5) is 0 Å². The summed E-state index contributed by atoms with van der Waals surface area (Å²) >= 11 is 0. The Morgan fingerprint density at radius 1 is 1.26 bits per heavy atom. The predicted molar refractivity (Wildman–Crippen MR) is 73.6 cm³/mol. The largest absolute Gasteiger partial charge is 0.424 e. The molecule has 0 fully saturated rings. The average molecular weight is 256 g/mol. The van der Waals surface area contributed by atoms with Crippen molar-refractivity contribution in [1.82, 2.24) is 9.97 Å².